The fourth-order valence-corrected chi connectivity index (χ4v) is 9.95. The summed E-state index contributed by atoms with van der Waals surface area (Å²) in [6.45, 7) is 0. The quantitative estimate of drug-likeness (QED) is 0.203. The molecule has 0 aliphatic heterocycles. The van der Waals surface area contributed by atoms with Gasteiger partial charge in [0.2, 0.25) is 0 Å². The van der Waals surface area contributed by atoms with Gasteiger partial charge in [-0.05, 0) is 103 Å². The van der Waals surface area contributed by atoms with Crippen LogP contribution in [0, 0.1) is 0 Å². The summed E-state index contributed by atoms with van der Waals surface area (Å²) < 4.78 is 2.67. The maximum absolute atomic E-state index is 3.77. The first-order chi connectivity index (χ1) is 24.3. The van der Waals surface area contributed by atoms with Gasteiger partial charge in [-0.15, -0.1) is 11.3 Å². The van der Waals surface area contributed by atoms with Gasteiger partial charge >= 0.3 is 0 Å². The Hall–Kier alpha value is -5.96. The number of hydrogen-bond acceptors (Lipinski definition) is 2. The number of hydrogen-bond donors (Lipinski definition) is 1. The second kappa shape index (κ2) is 10.0. The van der Waals surface area contributed by atoms with Crippen molar-refractivity contribution in [2.75, 3.05) is 5.32 Å². The smallest absolute Gasteiger partial charge is 0.0726 e. The van der Waals surface area contributed by atoms with E-state index >= 15 is 0 Å². The number of nitrogens with one attached hydrogen (secondary N) is 1. The van der Waals surface area contributed by atoms with Crippen LogP contribution < -0.4 is 5.32 Å². The summed E-state index contributed by atoms with van der Waals surface area (Å²) in [5, 5.41) is 9.04. The molecule has 2 heteroatoms. The fraction of sp³-hybridized carbons (Fsp3) is 0.0213. The molecule has 0 fully saturated rings. The molecule has 0 radical (unpaired) electrons. The van der Waals surface area contributed by atoms with Crippen molar-refractivity contribution >= 4 is 53.7 Å². The fourth-order valence-electron chi connectivity index (χ4n) is 8.80. The molecule has 0 saturated carbocycles. The lowest BCUT2D eigenvalue weighted by molar-refractivity contribution is 0.795. The molecular formula is C47H29NS. The molecule has 2 aliphatic carbocycles. The molecule has 1 N–H and O–H groups in total. The largest absolute Gasteiger partial charge is 0.356 e. The van der Waals surface area contributed by atoms with Gasteiger partial charge in [0, 0.05) is 31.5 Å². The molecule has 0 amide bonds. The molecule has 8 aromatic carbocycles. The minimum atomic E-state index is -0.380. The highest BCUT2D eigenvalue weighted by Crippen LogP contribution is 2.64. The van der Waals surface area contributed by atoms with E-state index in [2.05, 4.69) is 175 Å². The Labute approximate surface area is 288 Å². The molecule has 0 saturated heterocycles. The van der Waals surface area contributed by atoms with Crippen LogP contribution in [0.25, 0.3) is 64.3 Å². The number of anilines is 2. The Kier molecular flexibility index (Phi) is 5.53. The molecule has 1 unspecified atom stereocenters. The van der Waals surface area contributed by atoms with Crippen molar-refractivity contribution < 1.29 is 0 Å². The van der Waals surface area contributed by atoms with Crippen molar-refractivity contribution in [1.82, 2.24) is 0 Å². The third kappa shape index (κ3) is 3.70. The van der Waals surface area contributed by atoms with Crippen LogP contribution in [0.4, 0.5) is 11.4 Å². The summed E-state index contributed by atoms with van der Waals surface area (Å²) in [6, 6.07) is 63.0. The Balaban J connectivity index is 1.02. The predicted molar refractivity (Wildman–Crippen MR) is 208 cm³/mol. The molecule has 0 bridgehead atoms. The van der Waals surface area contributed by atoms with Crippen LogP contribution in [0.3, 0.4) is 0 Å². The van der Waals surface area contributed by atoms with Gasteiger partial charge < -0.3 is 5.32 Å². The first-order valence-electron chi connectivity index (χ1n) is 16.9. The molecule has 228 valence electrons. The molecule has 1 atom stereocenters. The van der Waals surface area contributed by atoms with Crippen LogP contribution in [-0.2, 0) is 5.41 Å². The SMILES string of the molecule is c1ccc2c(c1)-c1ccc(Nc3ccc(-c4ccc5c(c4)sc4ccccc45)cc3)cc1C21c2ccccc2-c2c1ccc1ccccc21. The van der Waals surface area contributed by atoms with Crippen molar-refractivity contribution in [3.63, 3.8) is 0 Å². The summed E-state index contributed by atoms with van der Waals surface area (Å²) >= 11 is 1.87. The van der Waals surface area contributed by atoms with E-state index in [-0.39, 0.29) is 5.41 Å². The van der Waals surface area contributed by atoms with Gasteiger partial charge in [0.15, 0.2) is 0 Å². The van der Waals surface area contributed by atoms with Crippen LogP contribution in [0.2, 0.25) is 0 Å². The van der Waals surface area contributed by atoms with Gasteiger partial charge in [-0.3, -0.25) is 0 Å². The first kappa shape index (κ1) is 27.0. The number of fused-ring (bicyclic) bond motifs is 15. The molecule has 1 heterocycles. The summed E-state index contributed by atoms with van der Waals surface area (Å²) in [5.74, 6) is 0. The minimum absolute atomic E-state index is 0.380. The predicted octanol–water partition coefficient (Wildman–Crippen LogP) is 13.0. The number of rotatable bonds is 3. The zero-order chi connectivity index (χ0) is 32.1. The van der Waals surface area contributed by atoms with Crippen molar-refractivity contribution in [3.8, 4) is 33.4 Å². The van der Waals surface area contributed by atoms with E-state index in [1.54, 1.807) is 0 Å². The summed E-state index contributed by atoms with van der Waals surface area (Å²) in [4.78, 5) is 0. The minimum Gasteiger partial charge on any atom is -0.356 e. The first-order valence-corrected chi connectivity index (χ1v) is 17.7. The second-order valence-electron chi connectivity index (χ2n) is 13.3. The highest BCUT2D eigenvalue weighted by molar-refractivity contribution is 7.25. The van der Waals surface area contributed by atoms with Crippen LogP contribution >= 0.6 is 11.3 Å². The van der Waals surface area contributed by atoms with Crippen molar-refractivity contribution in [3.05, 3.63) is 192 Å². The van der Waals surface area contributed by atoms with E-state index < -0.39 is 0 Å². The van der Waals surface area contributed by atoms with Crippen LogP contribution in [0.5, 0.6) is 0 Å². The van der Waals surface area contributed by atoms with E-state index in [4.69, 9.17) is 0 Å². The Bertz CT molecular complexity index is 2800. The zero-order valence-electron chi connectivity index (χ0n) is 26.6. The van der Waals surface area contributed by atoms with Crippen LogP contribution in [0.1, 0.15) is 22.3 Å². The summed E-state index contributed by atoms with van der Waals surface area (Å²) in [5.41, 5.74) is 15.0. The lowest BCUT2D eigenvalue weighted by atomic mass is 9.70. The zero-order valence-corrected chi connectivity index (χ0v) is 27.4. The molecule has 11 rings (SSSR count). The van der Waals surface area contributed by atoms with Crippen molar-refractivity contribution in [2.24, 2.45) is 0 Å². The van der Waals surface area contributed by atoms with E-state index in [1.807, 2.05) is 11.3 Å². The Morgan fingerprint density at radius 3 is 1.92 bits per heavy atom. The molecule has 1 aromatic heterocycles. The van der Waals surface area contributed by atoms with Crippen LogP contribution in [-0.4, -0.2) is 0 Å². The third-order valence-electron chi connectivity index (χ3n) is 10.9. The molecular weight excluding hydrogens is 611 g/mol. The molecule has 1 spiro atoms. The molecule has 9 aromatic rings. The van der Waals surface area contributed by atoms with E-state index in [0.29, 0.717) is 0 Å². The number of benzene rings is 8. The maximum atomic E-state index is 3.77. The normalized spacial score (nSPS) is 15.4. The second-order valence-corrected chi connectivity index (χ2v) is 14.4. The van der Waals surface area contributed by atoms with Crippen molar-refractivity contribution in [1.29, 1.82) is 0 Å². The van der Waals surface area contributed by atoms with Gasteiger partial charge in [-0.2, -0.15) is 0 Å². The van der Waals surface area contributed by atoms with Gasteiger partial charge in [-0.1, -0.05) is 133 Å². The Morgan fingerprint density at radius 2 is 1.04 bits per heavy atom. The molecule has 49 heavy (non-hydrogen) atoms. The van der Waals surface area contributed by atoms with E-state index in [0.717, 1.165) is 11.4 Å². The third-order valence-corrected chi connectivity index (χ3v) is 12.0. The Morgan fingerprint density at radius 1 is 0.388 bits per heavy atom. The maximum Gasteiger partial charge on any atom is 0.0726 e. The average Bonchev–Trinajstić information content (AvgIpc) is 3.78. The monoisotopic (exact) mass is 639 g/mol. The van der Waals surface area contributed by atoms with Gasteiger partial charge in [0.25, 0.3) is 0 Å². The number of thiophene rings is 1. The van der Waals surface area contributed by atoms with Crippen molar-refractivity contribution in [2.45, 2.75) is 5.41 Å². The average molecular weight is 640 g/mol. The van der Waals surface area contributed by atoms with Gasteiger partial charge in [-0.25, -0.2) is 0 Å². The van der Waals surface area contributed by atoms with Crippen LogP contribution in [0.15, 0.2) is 170 Å². The highest BCUT2D eigenvalue weighted by atomic mass is 32.1. The molecule has 2 aliphatic rings. The van der Waals surface area contributed by atoms with Gasteiger partial charge in [0.1, 0.15) is 0 Å². The van der Waals surface area contributed by atoms with E-state index in [1.165, 1.54) is 86.6 Å². The summed E-state index contributed by atoms with van der Waals surface area (Å²) in [6.07, 6.45) is 0. The highest BCUT2D eigenvalue weighted by Gasteiger charge is 2.52. The summed E-state index contributed by atoms with van der Waals surface area (Å²) in [7, 11) is 0. The molecule has 1 nitrogen and oxygen atoms in total. The lowest BCUT2D eigenvalue weighted by Gasteiger charge is -2.31. The van der Waals surface area contributed by atoms with E-state index in [9.17, 15) is 0 Å². The lowest BCUT2D eigenvalue weighted by Crippen LogP contribution is -2.25. The topological polar surface area (TPSA) is 12.0 Å². The van der Waals surface area contributed by atoms with Gasteiger partial charge in [0.05, 0.1) is 5.41 Å². The standard InChI is InChI=1S/C47H29NS/c1-2-10-34-30(9-1)20-26-42-46(34)39-13-4-7-15-41(39)47(42)40-14-6-3-11-35(40)36-25-23-33(28-43(36)47)48-32-21-17-29(18-22-32)31-19-24-38-37-12-5-8-16-44(37)49-45(38)27-31/h1-28,48H.